The van der Waals surface area contributed by atoms with Crippen LogP contribution in [-0.4, -0.2) is 54.0 Å². The number of nitrogens with zero attached hydrogens (tertiary/aromatic N) is 3. The van der Waals surface area contributed by atoms with Crippen LogP contribution in [0, 0.1) is 10.1 Å². The van der Waals surface area contributed by atoms with Gasteiger partial charge < -0.3 is 14.6 Å². The fraction of sp³-hybridized carbons (Fsp3) is 0.500. The molecule has 0 atom stereocenters. The van der Waals surface area contributed by atoms with Gasteiger partial charge in [0.15, 0.2) is 5.76 Å². The van der Waals surface area contributed by atoms with Gasteiger partial charge in [-0.05, 0) is 32.1 Å². The topological polar surface area (TPSA) is 130 Å². The minimum absolute atomic E-state index is 0.0848. The maximum atomic E-state index is 11.5. The van der Waals surface area contributed by atoms with E-state index in [1.807, 2.05) is 5.43 Å². The first-order chi connectivity index (χ1) is 11.5. The largest absolute Gasteiger partial charge is 0.433 e. The van der Waals surface area contributed by atoms with Gasteiger partial charge in [0.2, 0.25) is 0 Å². The van der Waals surface area contributed by atoms with Crippen LogP contribution in [0.4, 0.5) is 5.88 Å². The summed E-state index contributed by atoms with van der Waals surface area (Å²) in [5, 5.41) is 16.4. The molecule has 132 valence electrons. The molecule has 2 amide bonds. The number of amides is 2. The highest BCUT2D eigenvalue weighted by Gasteiger charge is 2.13. The van der Waals surface area contributed by atoms with Gasteiger partial charge in [-0.25, -0.2) is 5.43 Å². The Morgan fingerprint density at radius 3 is 2.62 bits per heavy atom. The van der Waals surface area contributed by atoms with Crippen LogP contribution in [0.2, 0.25) is 0 Å². The fourth-order valence-corrected chi connectivity index (χ4v) is 1.84. The molecule has 0 aromatic carbocycles. The van der Waals surface area contributed by atoms with Gasteiger partial charge in [0.05, 0.1) is 12.3 Å². The molecule has 0 aliphatic rings. The Hall–Kier alpha value is -2.75. The first-order valence-corrected chi connectivity index (χ1v) is 7.55. The van der Waals surface area contributed by atoms with Crippen molar-refractivity contribution < 1.29 is 18.9 Å². The van der Waals surface area contributed by atoms with Crippen LogP contribution in [0.1, 0.15) is 26.0 Å². The highest BCUT2D eigenvalue weighted by Crippen LogP contribution is 2.13. The van der Waals surface area contributed by atoms with Gasteiger partial charge in [0.25, 0.3) is 0 Å². The van der Waals surface area contributed by atoms with E-state index in [9.17, 15) is 19.7 Å². The van der Waals surface area contributed by atoms with Crippen LogP contribution in [0.5, 0.6) is 0 Å². The number of hydrogen-bond acceptors (Lipinski definition) is 7. The van der Waals surface area contributed by atoms with E-state index in [1.54, 1.807) is 0 Å². The van der Waals surface area contributed by atoms with Crippen LogP contribution in [0.3, 0.4) is 0 Å². The lowest BCUT2D eigenvalue weighted by Gasteiger charge is -2.17. The van der Waals surface area contributed by atoms with E-state index in [0.29, 0.717) is 6.54 Å². The van der Waals surface area contributed by atoms with Gasteiger partial charge in [0.1, 0.15) is 4.92 Å². The van der Waals surface area contributed by atoms with Gasteiger partial charge >= 0.3 is 17.7 Å². The van der Waals surface area contributed by atoms with Crippen LogP contribution in [0.25, 0.3) is 0 Å². The van der Waals surface area contributed by atoms with Crippen molar-refractivity contribution in [1.82, 2.24) is 15.6 Å². The molecule has 0 radical (unpaired) electrons. The van der Waals surface area contributed by atoms with E-state index in [4.69, 9.17) is 4.42 Å². The van der Waals surface area contributed by atoms with Crippen molar-refractivity contribution in [2.24, 2.45) is 5.10 Å². The molecule has 10 heteroatoms. The molecule has 24 heavy (non-hydrogen) atoms. The van der Waals surface area contributed by atoms with Crippen molar-refractivity contribution in [3.63, 3.8) is 0 Å². The second-order valence-electron chi connectivity index (χ2n) is 4.77. The van der Waals surface area contributed by atoms with E-state index >= 15 is 0 Å². The molecule has 0 spiro atoms. The molecule has 0 aliphatic carbocycles. The summed E-state index contributed by atoms with van der Waals surface area (Å²) in [7, 11) is 0. The number of rotatable bonds is 9. The summed E-state index contributed by atoms with van der Waals surface area (Å²) in [5.41, 5.74) is 2.02. The SMILES string of the molecule is CCN(CC)CCCNC(=O)C(=O)NN=Cc1ccc([N+](=O)[O-])o1. The number of hydrazone groups is 1. The van der Waals surface area contributed by atoms with Gasteiger partial charge in [-0.2, -0.15) is 5.10 Å². The molecule has 1 aromatic heterocycles. The summed E-state index contributed by atoms with van der Waals surface area (Å²) < 4.78 is 4.81. The summed E-state index contributed by atoms with van der Waals surface area (Å²) in [5.74, 6) is -2.07. The third-order valence-electron chi connectivity index (χ3n) is 3.19. The smallest absolute Gasteiger partial charge is 0.400 e. The van der Waals surface area contributed by atoms with Crippen LogP contribution in [-0.2, 0) is 9.59 Å². The Kier molecular flexibility index (Phi) is 8.13. The highest BCUT2D eigenvalue weighted by atomic mass is 16.6. The summed E-state index contributed by atoms with van der Waals surface area (Å²) in [6, 6.07) is 2.48. The Labute approximate surface area is 139 Å². The average molecular weight is 339 g/mol. The predicted molar refractivity (Wildman–Crippen MR) is 86.5 cm³/mol. The van der Waals surface area contributed by atoms with Crippen molar-refractivity contribution in [1.29, 1.82) is 0 Å². The Morgan fingerprint density at radius 2 is 2.04 bits per heavy atom. The minimum atomic E-state index is -0.921. The normalized spacial score (nSPS) is 11.0. The zero-order valence-corrected chi connectivity index (χ0v) is 13.7. The van der Waals surface area contributed by atoms with E-state index < -0.39 is 22.6 Å². The van der Waals surface area contributed by atoms with Crippen molar-refractivity contribution in [2.45, 2.75) is 20.3 Å². The summed E-state index contributed by atoms with van der Waals surface area (Å²) >= 11 is 0. The monoisotopic (exact) mass is 339 g/mol. The number of carbonyl (C=O) groups is 2. The minimum Gasteiger partial charge on any atom is -0.400 e. The zero-order valence-electron chi connectivity index (χ0n) is 13.7. The third-order valence-corrected chi connectivity index (χ3v) is 3.19. The lowest BCUT2D eigenvalue weighted by atomic mass is 10.3. The summed E-state index contributed by atoms with van der Waals surface area (Å²) in [6.07, 6.45) is 1.80. The van der Waals surface area contributed by atoms with Gasteiger partial charge in [0, 0.05) is 6.54 Å². The summed E-state index contributed by atoms with van der Waals surface area (Å²) in [4.78, 5) is 35.0. The van der Waals surface area contributed by atoms with E-state index in [-0.39, 0.29) is 5.76 Å². The van der Waals surface area contributed by atoms with E-state index in [0.717, 1.165) is 38.3 Å². The van der Waals surface area contributed by atoms with Crippen molar-refractivity contribution >= 4 is 23.9 Å². The molecule has 0 aliphatic heterocycles. The summed E-state index contributed by atoms with van der Waals surface area (Å²) in [6.45, 7) is 7.21. The van der Waals surface area contributed by atoms with Gasteiger partial charge in [-0.3, -0.25) is 19.7 Å². The number of nitrogens with one attached hydrogen (secondary N) is 2. The quantitative estimate of drug-likeness (QED) is 0.221. The van der Waals surface area contributed by atoms with Crippen molar-refractivity contribution in [2.75, 3.05) is 26.2 Å². The Morgan fingerprint density at radius 1 is 1.33 bits per heavy atom. The molecule has 1 rings (SSSR count). The van der Waals surface area contributed by atoms with Crippen LogP contribution in [0.15, 0.2) is 21.7 Å². The molecule has 0 saturated heterocycles. The third kappa shape index (κ3) is 6.57. The first kappa shape index (κ1) is 19.3. The first-order valence-electron chi connectivity index (χ1n) is 7.55. The van der Waals surface area contributed by atoms with E-state index in [2.05, 4.69) is 29.2 Å². The van der Waals surface area contributed by atoms with Crippen LogP contribution >= 0.6 is 0 Å². The number of carbonyl (C=O) groups excluding carboxylic acids is 2. The molecule has 0 fully saturated rings. The molecule has 2 N–H and O–H groups in total. The predicted octanol–water partition coefficient (Wildman–Crippen LogP) is 0.486. The lowest BCUT2D eigenvalue weighted by Crippen LogP contribution is -2.39. The number of hydrogen-bond donors (Lipinski definition) is 2. The molecule has 0 unspecified atom stereocenters. The van der Waals surface area contributed by atoms with Gasteiger partial charge in [-0.1, -0.05) is 13.8 Å². The molecule has 0 saturated carbocycles. The van der Waals surface area contributed by atoms with Crippen molar-refractivity contribution in [3.05, 3.63) is 28.0 Å². The second-order valence-corrected chi connectivity index (χ2v) is 4.77. The zero-order chi connectivity index (χ0) is 17.9. The highest BCUT2D eigenvalue weighted by molar-refractivity contribution is 6.35. The second kappa shape index (κ2) is 10.1. The number of nitro groups is 1. The molecular formula is C14H21N5O5. The molecule has 0 bridgehead atoms. The Balaban J connectivity index is 2.29. The molecule has 10 nitrogen and oxygen atoms in total. The van der Waals surface area contributed by atoms with E-state index in [1.165, 1.54) is 6.07 Å². The Bertz CT molecular complexity index is 594. The standard InChI is InChI=1S/C14H21N5O5/c1-3-18(4-2)9-5-8-15-13(20)14(21)17-16-10-11-6-7-12(24-11)19(22)23/h6-7,10H,3-5,8-9H2,1-2H3,(H,15,20)(H,17,21). The maximum absolute atomic E-state index is 11.5. The number of furan rings is 1. The van der Waals surface area contributed by atoms with Gasteiger partial charge in [-0.15, -0.1) is 0 Å². The fourth-order valence-electron chi connectivity index (χ4n) is 1.84. The molecule has 1 aromatic rings. The molecular weight excluding hydrogens is 318 g/mol. The van der Waals surface area contributed by atoms with Crippen molar-refractivity contribution in [3.8, 4) is 0 Å². The average Bonchev–Trinajstić information content (AvgIpc) is 3.04. The lowest BCUT2D eigenvalue weighted by molar-refractivity contribution is -0.402. The van der Waals surface area contributed by atoms with Crippen LogP contribution < -0.4 is 10.7 Å². The maximum Gasteiger partial charge on any atom is 0.433 e. The molecule has 1 heterocycles.